The van der Waals surface area contributed by atoms with Crippen molar-refractivity contribution in [1.29, 1.82) is 0 Å². The number of amides is 3. The van der Waals surface area contributed by atoms with Gasteiger partial charge in [0.15, 0.2) is 0 Å². The third-order valence-electron chi connectivity index (χ3n) is 3.82. The number of alkyl halides is 3. The monoisotopic (exact) mass is 348 g/mol. The van der Waals surface area contributed by atoms with Crippen molar-refractivity contribution in [2.24, 2.45) is 0 Å². The van der Waals surface area contributed by atoms with Crippen LogP contribution in [-0.2, 0) is 6.18 Å². The molecule has 0 unspecified atom stereocenters. The van der Waals surface area contributed by atoms with E-state index in [1.165, 1.54) is 37.4 Å². The number of carbonyl (C=O) groups excluding carboxylic acids is 3. The van der Waals surface area contributed by atoms with Gasteiger partial charge >= 0.3 is 6.18 Å². The number of benzene rings is 2. The number of nitrogens with one attached hydrogen (secondary N) is 1. The molecule has 2 aromatic carbocycles. The summed E-state index contributed by atoms with van der Waals surface area (Å²) in [5.74, 6) is -1.97. The van der Waals surface area contributed by atoms with Gasteiger partial charge in [0.05, 0.1) is 22.3 Å². The zero-order valence-corrected chi connectivity index (χ0v) is 12.8. The van der Waals surface area contributed by atoms with E-state index in [-0.39, 0.29) is 16.8 Å². The average molecular weight is 348 g/mol. The first-order valence-corrected chi connectivity index (χ1v) is 7.14. The summed E-state index contributed by atoms with van der Waals surface area (Å²) in [5.41, 5.74) is -1.19. The smallest absolute Gasteiger partial charge is 0.322 e. The Balaban J connectivity index is 1.92. The van der Waals surface area contributed by atoms with Crippen LogP contribution in [0, 0.1) is 0 Å². The SMILES string of the molecule is CN1C(=O)c2ccc(NC(=O)c3ccccc3C(F)(F)F)cc2C1=O. The van der Waals surface area contributed by atoms with Crippen molar-refractivity contribution in [3.8, 4) is 0 Å². The van der Waals surface area contributed by atoms with Gasteiger partial charge in [0.2, 0.25) is 0 Å². The molecular weight excluding hydrogens is 337 g/mol. The molecule has 2 aromatic rings. The summed E-state index contributed by atoms with van der Waals surface area (Å²) in [6.45, 7) is 0. The van der Waals surface area contributed by atoms with Gasteiger partial charge in [-0.3, -0.25) is 19.3 Å². The molecule has 1 heterocycles. The number of fused-ring (bicyclic) bond motifs is 1. The zero-order chi connectivity index (χ0) is 18.4. The molecule has 0 saturated heterocycles. The molecule has 0 atom stereocenters. The molecule has 0 spiro atoms. The lowest BCUT2D eigenvalue weighted by molar-refractivity contribution is -0.137. The largest absolute Gasteiger partial charge is 0.417 e. The standard InChI is InChI=1S/C17H11F3N2O3/c1-22-15(24)10-7-6-9(8-12(10)16(22)25)21-14(23)11-4-2-3-5-13(11)17(18,19)20/h2-8H,1H3,(H,21,23). The van der Waals surface area contributed by atoms with Gasteiger partial charge in [-0.25, -0.2) is 0 Å². The molecule has 0 radical (unpaired) electrons. The van der Waals surface area contributed by atoms with Crippen LogP contribution in [0.4, 0.5) is 18.9 Å². The number of hydrogen-bond donors (Lipinski definition) is 1. The van der Waals surface area contributed by atoms with Crippen LogP contribution in [0.3, 0.4) is 0 Å². The fourth-order valence-electron chi connectivity index (χ4n) is 2.57. The Labute approximate surface area is 140 Å². The second kappa shape index (κ2) is 5.73. The van der Waals surface area contributed by atoms with Crippen molar-refractivity contribution in [2.75, 3.05) is 12.4 Å². The van der Waals surface area contributed by atoms with Crippen LogP contribution in [-0.4, -0.2) is 29.7 Å². The molecule has 0 fully saturated rings. The number of halogens is 3. The molecule has 5 nitrogen and oxygen atoms in total. The Hall–Kier alpha value is -3.16. The number of nitrogens with zero attached hydrogens (tertiary/aromatic N) is 1. The Kier molecular flexibility index (Phi) is 3.82. The predicted molar refractivity (Wildman–Crippen MR) is 82.3 cm³/mol. The van der Waals surface area contributed by atoms with Gasteiger partial charge in [0, 0.05) is 12.7 Å². The summed E-state index contributed by atoms with van der Waals surface area (Å²) < 4.78 is 39.0. The van der Waals surface area contributed by atoms with Crippen LogP contribution in [0.5, 0.6) is 0 Å². The van der Waals surface area contributed by atoms with E-state index in [2.05, 4.69) is 5.32 Å². The Morgan fingerprint density at radius 2 is 1.64 bits per heavy atom. The summed E-state index contributed by atoms with van der Waals surface area (Å²) in [4.78, 5) is 36.9. The second-order valence-corrected chi connectivity index (χ2v) is 5.43. The highest BCUT2D eigenvalue weighted by atomic mass is 19.4. The van der Waals surface area contributed by atoms with E-state index in [9.17, 15) is 27.6 Å². The number of imide groups is 1. The van der Waals surface area contributed by atoms with Crippen LogP contribution >= 0.6 is 0 Å². The molecule has 0 aromatic heterocycles. The minimum atomic E-state index is -4.67. The Bertz CT molecular complexity index is 906. The van der Waals surface area contributed by atoms with Crippen LogP contribution < -0.4 is 5.32 Å². The Morgan fingerprint density at radius 3 is 2.32 bits per heavy atom. The zero-order valence-electron chi connectivity index (χ0n) is 12.8. The lowest BCUT2D eigenvalue weighted by Crippen LogP contribution is -2.24. The van der Waals surface area contributed by atoms with Gasteiger partial charge in [0.25, 0.3) is 17.7 Å². The molecule has 0 bridgehead atoms. The van der Waals surface area contributed by atoms with Crippen molar-refractivity contribution in [3.05, 3.63) is 64.7 Å². The summed E-state index contributed by atoms with van der Waals surface area (Å²) in [6, 6.07) is 8.37. The van der Waals surface area contributed by atoms with Gasteiger partial charge in [-0.2, -0.15) is 13.2 Å². The molecule has 0 aliphatic carbocycles. The fraction of sp³-hybridized carbons (Fsp3) is 0.118. The summed E-state index contributed by atoms with van der Waals surface area (Å²) in [6.07, 6.45) is -4.67. The first kappa shape index (κ1) is 16.7. The number of rotatable bonds is 2. The highest BCUT2D eigenvalue weighted by molar-refractivity contribution is 6.21. The van der Waals surface area contributed by atoms with Gasteiger partial charge < -0.3 is 5.32 Å². The third kappa shape index (κ3) is 2.86. The lowest BCUT2D eigenvalue weighted by atomic mass is 10.1. The molecule has 8 heteroatoms. The van der Waals surface area contributed by atoms with Crippen LogP contribution in [0.15, 0.2) is 42.5 Å². The maximum Gasteiger partial charge on any atom is 0.417 e. The summed E-state index contributed by atoms with van der Waals surface area (Å²) in [7, 11) is 1.32. The maximum atomic E-state index is 13.0. The molecule has 128 valence electrons. The number of hydrogen-bond acceptors (Lipinski definition) is 3. The van der Waals surface area contributed by atoms with Gasteiger partial charge in [-0.05, 0) is 30.3 Å². The average Bonchev–Trinajstić information content (AvgIpc) is 2.78. The normalized spacial score (nSPS) is 13.8. The van der Waals surface area contributed by atoms with Gasteiger partial charge in [0.1, 0.15) is 0 Å². The first-order chi connectivity index (χ1) is 11.7. The second-order valence-electron chi connectivity index (χ2n) is 5.43. The summed E-state index contributed by atoms with van der Waals surface area (Å²) >= 11 is 0. The van der Waals surface area contributed by atoms with E-state index in [1.54, 1.807) is 0 Å². The topological polar surface area (TPSA) is 66.5 Å². The van der Waals surface area contributed by atoms with Crippen LogP contribution in [0.25, 0.3) is 0 Å². The van der Waals surface area contributed by atoms with E-state index < -0.39 is 35.0 Å². The van der Waals surface area contributed by atoms with Gasteiger partial charge in [-0.1, -0.05) is 12.1 Å². The van der Waals surface area contributed by atoms with E-state index >= 15 is 0 Å². The van der Waals surface area contributed by atoms with Crippen molar-refractivity contribution in [1.82, 2.24) is 4.90 Å². The number of carbonyl (C=O) groups is 3. The van der Waals surface area contributed by atoms with Gasteiger partial charge in [-0.15, -0.1) is 0 Å². The third-order valence-corrected chi connectivity index (χ3v) is 3.82. The minimum Gasteiger partial charge on any atom is -0.322 e. The van der Waals surface area contributed by atoms with Crippen molar-refractivity contribution < 1.29 is 27.6 Å². The van der Waals surface area contributed by atoms with E-state index in [0.29, 0.717) is 0 Å². The molecule has 25 heavy (non-hydrogen) atoms. The fourth-order valence-corrected chi connectivity index (χ4v) is 2.57. The highest BCUT2D eigenvalue weighted by Gasteiger charge is 2.35. The highest BCUT2D eigenvalue weighted by Crippen LogP contribution is 2.32. The maximum absolute atomic E-state index is 13.0. The summed E-state index contributed by atoms with van der Waals surface area (Å²) in [5, 5.41) is 2.33. The number of anilines is 1. The van der Waals surface area contributed by atoms with E-state index in [0.717, 1.165) is 17.0 Å². The predicted octanol–water partition coefficient (Wildman–Crippen LogP) is 3.18. The van der Waals surface area contributed by atoms with E-state index in [1.807, 2.05) is 0 Å². The van der Waals surface area contributed by atoms with Crippen molar-refractivity contribution in [3.63, 3.8) is 0 Å². The quantitative estimate of drug-likeness (QED) is 0.848. The van der Waals surface area contributed by atoms with Crippen molar-refractivity contribution >= 4 is 23.4 Å². The molecular formula is C17H11F3N2O3. The van der Waals surface area contributed by atoms with Crippen molar-refractivity contribution in [2.45, 2.75) is 6.18 Å². The molecule has 0 saturated carbocycles. The molecule has 3 amide bonds. The molecule has 1 aliphatic heterocycles. The van der Waals surface area contributed by atoms with Crippen LogP contribution in [0.1, 0.15) is 36.6 Å². The molecule has 1 N–H and O–H groups in total. The minimum absolute atomic E-state index is 0.0920. The lowest BCUT2D eigenvalue weighted by Gasteiger charge is -2.13. The van der Waals surface area contributed by atoms with E-state index in [4.69, 9.17) is 0 Å². The first-order valence-electron chi connectivity index (χ1n) is 7.14. The molecule has 3 rings (SSSR count). The van der Waals surface area contributed by atoms with Crippen LogP contribution in [0.2, 0.25) is 0 Å². The molecule has 1 aliphatic rings. The Morgan fingerprint density at radius 1 is 1.00 bits per heavy atom.